The molecule has 1 aliphatic rings. The average molecular weight is 377 g/mol. The lowest BCUT2D eigenvalue weighted by Gasteiger charge is -2.24. The van der Waals surface area contributed by atoms with Crippen molar-refractivity contribution in [2.24, 2.45) is 5.92 Å². The van der Waals surface area contributed by atoms with Crippen molar-refractivity contribution in [2.75, 3.05) is 13.1 Å². The number of carbonyl (C=O) groups excluding carboxylic acids is 2. The van der Waals surface area contributed by atoms with Gasteiger partial charge in [0.25, 0.3) is 0 Å². The van der Waals surface area contributed by atoms with Crippen LogP contribution in [0.4, 0.5) is 4.79 Å². The van der Waals surface area contributed by atoms with Crippen LogP contribution in [0.2, 0.25) is 0 Å². The van der Waals surface area contributed by atoms with E-state index in [1.54, 1.807) is 5.48 Å². The molecule has 1 heterocycles. The third-order valence-electron chi connectivity index (χ3n) is 4.57. The fraction of sp³-hybridized carbons (Fsp3) is 0.600. The van der Waals surface area contributed by atoms with Gasteiger partial charge in [-0.1, -0.05) is 30.3 Å². The summed E-state index contributed by atoms with van der Waals surface area (Å²) in [5.41, 5.74) is 2.35. The van der Waals surface area contributed by atoms with Crippen LogP contribution < -0.4 is 10.8 Å². The Hall–Kier alpha value is -2.12. The summed E-state index contributed by atoms with van der Waals surface area (Å²) in [5, 5.41) is 11.6. The van der Waals surface area contributed by atoms with Crippen molar-refractivity contribution >= 4 is 12.0 Å². The number of hydrogen-bond donors (Lipinski definition) is 3. The first kappa shape index (κ1) is 21.2. The predicted molar refractivity (Wildman–Crippen MR) is 102 cm³/mol. The smallest absolute Gasteiger partial charge is 0.407 e. The van der Waals surface area contributed by atoms with Crippen molar-refractivity contribution in [3.63, 3.8) is 0 Å². The largest absolute Gasteiger partial charge is 0.444 e. The molecule has 2 atom stereocenters. The number of likely N-dealkylation sites (tertiary alicyclic amines) is 1. The minimum Gasteiger partial charge on any atom is -0.444 e. The molecule has 0 aliphatic carbocycles. The third-order valence-corrected chi connectivity index (χ3v) is 4.57. The number of carbonyl (C=O) groups is 2. The minimum absolute atomic E-state index is 0.0271. The van der Waals surface area contributed by atoms with Gasteiger partial charge in [0.05, 0.1) is 0 Å². The van der Waals surface area contributed by atoms with Gasteiger partial charge in [0, 0.05) is 32.1 Å². The van der Waals surface area contributed by atoms with E-state index in [1.165, 1.54) is 5.56 Å². The molecule has 0 unspecified atom stereocenters. The second kappa shape index (κ2) is 9.71. The Bertz CT molecular complexity index is 615. The van der Waals surface area contributed by atoms with E-state index in [2.05, 4.69) is 22.3 Å². The second-order valence-corrected chi connectivity index (χ2v) is 8.12. The molecule has 2 rings (SSSR count). The van der Waals surface area contributed by atoms with Gasteiger partial charge in [-0.25, -0.2) is 10.3 Å². The van der Waals surface area contributed by atoms with Crippen molar-refractivity contribution < 1.29 is 19.5 Å². The number of nitrogens with zero attached hydrogens (tertiary/aromatic N) is 1. The summed E-state index contributed by atoms with van der Waals surface area (Å²) in [6.45, 7) is 7.93. The molecule has 1 aromatic carbocycles. The number of ether oxygens (including phenoxy) is 1. The molecule has 3 N–H and O–H groups in total. The summed E-state index contributed by atoms with van der Waals surface area (Å²) in [5.74, 6) is -0.154. The Morgan fingerprint density at radius 2 is 1.93 bits per heavy atom. The topological polar surface area (TPSA) is 90.9 Å². The molecular weight excluding hydrogens is 346 g/mol. The molecule has 1 fully saturated rings. The van der Waals surface area contributed by atoms with Crippen molar-refractivity contribution in [3.8, 4) is 0 Å². The van der Waals surface area contributed by atoms with Crippen LogP contribution in [0.5, 0.6) is 0 Å². The van der Waals surface area contributed by atoms with Gasteiger partial charge in [0.2, 0.25) is 5.91 Å². The van der Waals surface area contributed by atoms with E-state index in [-0.39, 0.29) is 24.3 Å². The molecule has 0 bridgehead atoms. The van der Waals surface area contributed by atoms with Crippen molar-refractivity contribution in [3.05, 3.63) is 35.9 Å². The van der Waals surface area contributed by atoms with Gasteiger partial charge in [-0.2, -0.15) is 0 Å². The standard InChI is InChI=1S/C20H31N3O4/c1-20(2,3)27-19(25)21-17-14-23(12-15-8-5-4-6-9-15)13-16(17)10-7-11-18(24)22-26/h4-6,8-9,16-17,26H,7,10-14H2,1-3H3,(H,21,25)(H,22,24)/t16-,17+/m1/s1. The van der Waals surface area contributed by atoms with E-state index in [9.17, 15) is 9.59 Å². The number of alkyl carbamates (subject to hydrolysis) is 1. The van der Waals surface area contributed by atoms with E-state index < -0.39 is 11.7 Å². The number of rotatable bonds is 7. The van der Waals surface area contributed by atoms with Crippen LogP contribution in [0.15, 0.2) is 30.3 Å². The highest BCUT2D eigenvalue weighted by molar-refractivity contribution is 5.74. The van der Waals surface area contributed by atoms with Crippen LogP contribution >= 0.6 is 0 Å². The third kappa shape index (κ3) is 7.56. The highest BCUT2D eigenvalue weighted by Gasteiger charge is 2.34. The quantitative estimate of drug-likeness (QED) is 0.502. The maximum Gasteiger partial charge on any atom is 0.407 e. The number of hydroxylamine groups is 1. The number of amides is 2. The Kier molecular flexibility index (Phi) is 7.62. The van der Waals surface area contributed by atoms with Gasteiger partial charge >= 0.3 is 6.09 Å². The summed E-state index contributed by atoms with van der Waals surface area (Å²) in [7, 11) is 0. The van der Waals surface area contributed by atoms with Crippen LogP contribution in [0.1, 0.15) is 45.6 Å². The molecule has 150 valence electrons. The molecule has 27 heavy (non-hydrogen) atoms. The maximum atomic E-state index is 12.2. The summed E-state index contributed by atoms with van der Waals surface area (Å²) >= 11 is 0. The Morgan fingerprint density at radius 3 is 2.56 bits per heavy atom. The zero-order chi connectivity index (χ0) is 19.9. The zero-order valence-electron chi connectivity index (χ0n) is 16.4. The maximum absolute atomic E-state index is 12.2. The summed E-state index contributed by atoms with van der Waals surface area (Å²) in [4.78, 5) is 25.8. The lowest BCUT2D eigenvalue weighted by molar-refractivity contribution is -0.129. The number of nitrogens with one attached hydrogen (secondary N) is 2. The van der Waals surface area contributed by atoms with Gasteiger partial charge in [0.15, 0.2) is 0 Å². The fourth-order valence-electron chi connectivity index (χ4n) is 3.43. The van der Waals surface area contributed by atoms with Crippen molar-refractivity contribution in [2.45, 2.75) is 58.2 Å². The monoisotopic (exact) mass is 377 g/mol. The van der Waals surface area contributed by atoms with Gasteiger partial charge in [-0.15, -0.1) is 0 Å². The second-order valence-electron chi connectivity index (χ2n) is 8.12. The Balaban J connectivity index is 1.95. The van der Waals surface area contributed by atoms with Crippen molar-refractivity contribution in [1.82, 2.24) is 15.7 Å². The lowest BCUT2D eigenvalue weighted by atomic mass is 9.97. The first-order valence-electron chi connectivity index (χ1n) is 9.45. The molecule has 0 aromatic heterocycles. The molecule has 0 saturated carbocycles. The number of benzene rings is 1. The average Bonchev–Trinajstić information content (AvgIpc) is 2.95. The molecule has 7 nitrogen and oxygen atoms in total. The van der Waals surface area contributed by atoms with Crippen LogP contribution in [0.25, 0.3) is 0 Å². The molecule has 1 aromatic rings. The van der Waals surface area contributed by atoms with E-state index in [0.29, 0.717) is 6.42 Å². The summed E-state index contributed by atoms with van der Waals surface area (Å²) < 4.78 is 5.40. The van der Waals surface area contributed by atoms with Gasteiger partial charge in [0.1, 0.15) is 5.60 Å². The van der Waals surface area contributed by atoms with Crippen molar-refractivity contribution in [1.29, 1.82) is 0 Å². The molecule has 1 aliphatic heterocycles. The molecule has 0 radical (unpaired) electrons. The van der Waals surface area contributed by atoms with E-state index in [1.807, 2.05) is 39.0 Å². The van der Waals surface area contributed by atoms with Gasteiger partial charge < -0.3 is 10.1 Å². The van der Waals surface area contributed by atoms with Crippen LogP contribution in [-0.2, 0) is 16.1 Å². The Labute approximate surface area is 161 Å². The van der Waals surface area contributed by atoms with Crippen LogP contribution in [-0.4, -0.2) is 46.8 Å². The normalized spacial score (nSPS) is 20.3. The van der Waals surface area contributed by atoms with E-state index in [4.69, 9.17) is 9.94 Å². The lowest BCUT2D eigenvalue weighted by Crippen LogP contribution is -2.43. The molecule has 0 spiro atoms. The number of hydrogen-bond acceptors (Lipinski definition) is 5. The SMILES string of the molecule is CC(C)(C)OC(=O)N[C@H]1CN(Cc2ccccc2)C[C@H]1CCCC(=O)NO. The minimum atomic E-state index is -0.541. The van der Waals surface area contributed by atoms with E-state index in [0.717, 1.165) is 26.1 Å². The van der Waals surface area contributed by atoms with Crippen LogP contribution in [0.3, 0.4) is 0 Å². The fourth-order valence-corrected chi connectivity index (χ4v) is 3.43. The molecule has 7 heteroatoms. The Morgan fingerprint density at radius 1 is 1.22 bits per heavy atom. The highest BCUT2D eigenvalue weighted by atomic mass is 16.6. The molecule has 1 saturated heterocycles. The first-order valence-corrected chi connectivity index (χ1v) is 9.45. The molecular formula is C20H31N3O4. The summed E-state index contributed by atoms with van der Waals surface area (Å²) in [6.07, 6.45) is 1.30. The zero-order valence-corrected chi connectivity index (χ0v) is 16.4. The van der Waals surface area contributed by atoms with Crippen LogP contribution in [0, 0.1) is 5.92 Å². The molecule has 2 amide bonds. The summed E-state index contributed by atoms with van der Waals surface area (Å²) in [6, 6.07) is 10.2. The highest BCUT2D eigenvalue weighted by Crippen LogP contribution is 2.24. The van der Waals surface area contributed by atoms with E-state index >= 15 is 0 Å². The first-order chi connectivity index (χ1) is 12.8. The van der Waals surface area contributed by atoms with Gasteiger partial charge in [-0.3, -0.25) is 14.9 Å². The van der Waals surface area contributed by atoms with Gasteiger partial charge in [-0.05, 0) is 45.1 Å². The predicted octanol–water partition coefficient (Wildman–Crippen LogP) is 2.69.